The Morgan fingerprint density at radius 3 is 2.58 bits per heavy atom. The SMILES string of the molecule is COc1cc(C=O)cc(Br)c1OCCCS(C)(=O)=O. The highest BCUT2D eigenvalue weighted by Crippen LogP contribution is 2.36. The average Bonchev–Trinajstić information content (AvgIpc) is 2.34. The molecule has 5 nitrogen and oxygen atoms in total. The molecule has 0 saturated heterocycles. The van der Waals surface area contributed by atoms with E-state index in [0.717, 1.165) is 0 Å². The van der Waals surface area contributed by atoms with Crippen LogP contribution >= 0.6 is 15.9 Å². The molecule has 0 aliphatic rings. The van der Waals surface area contributed by atoms with Gasteiger partial charge in [-0.05, 0) is 34.5 Å². The summed E-state index contributed by atoms with van der Waals surface area (Å²) in [4.78, 5) is 10.7. The molecule has 19 heavy (non-hydrogen) atoms. The van der Waals surface area contributed by atoms with Crippen LogP contribution in [0.15, 0.2) is 16.6 Å². The van der Waals surface area contributed by atoms with Crippen molar-refractivity contribution in [1.29, 1.82) is 0 Å². The van der Waals surface area contributed by atoms with Gasteiger partial charge in [-0.2, -0.15) is 0 Å². The van der Waals surface area contributed by atoms with Gasteiger partial charge >= 0.3 is 0 Å². The van der Waals surface area contributed by atoms with Crippen LogP contribution in [0.3, 0.4) is 0 Å². The molecule has 0 radical (unpaired) electrons. The van der Waals surface area contributed by atoms with E-state index in [4.69, 9.17) is 9.47 Å². The number of ether oxygens (including phenoxy) is 2. The number of rotatable bonds is 7. The molecule has 0 N–H and O–H groups in total. The van der Waals surface area contributed by atoms with Crippen LogP contribution in [0.25, 0.3) is 0 Å². The molecule has 0 fully saturated rings. The number of methoxy groups -OCH3 is 1. The van der Waals surface area contributed by atoms with Crippen molar-refractivity contribution in [3.05, 3.63) is 22.2 Å². The standard InChI is InChI=1S/C12H15BrO5S/c1-17-11-7-9(8-14)6-10(13)12(11)18-4-3-5-19(2,15)16/h6-8H,3-5H2,1-2H3. The van der Waals surface area contributed by atoms with Gasteiger partial charge in [0.1, 0.15) is 16.1 Å². The summed E-state index contributed by atoms with van der Waals surface area (Å²) in [6.07, 6.45) is 2.28. The van der Waals surface area contributed by atoms with Crippen LogP contribution in [-0.4, -0.2) is 40.4 Å². The van der Waals surface area contributed by atoms with E-state index in [1.807, 2.05) is 0 Å². The number of benzene rings is 1. The van der Waals surface area contributed by atoms with Gasteiger partial charge < -0.3 is 9.47 Å². The van der Waals surface area contributed by atoms with Gasteiger partial charge in [0.25, 0.3) is 0 Å². The lowest BCUT2D eigenvalue weighted by Gasteiger charge is -2.12. The molecule has 0 bridgehead atoms. The molecule has 0 unspecified atom stereocenters. The number of halogens is 1. The molecule has 106 valence electrons. The van der Waals surface area contributed by atoms with Gasteiger partial charge in [-0.25, -0.2) is 8.42 Å². The van der Waals surface area contributed by atoms with E-state index in [0.29, 0.717) is 34.2 Å². The minimum absolute atomic E-state index is 0.0688. The second kappa shape index (κ2) is 6.91. The fourth-order valence-corrected chi connectivity index (χ4v) is 2.66. The predicted octanol–water partition coefficient (Wildman–Crippen LogP) is 2.08. The molecule has 0 aliphatic carbocycles. The van der Waals surface area contributed by atoms with Gasteiger partial charge in [0.2, 0.25) is 0 Å². The Morgan fingerprint density at radius 2 is 2.05 bits per heavy atom. The molecule has 0 heterocycles. The second-order valence-electron chi connectivity index (χ2n) is 3.98. The first-order chi connectivity index (χ1) is 8.87. The summed E-state index contributed by atoms with van der Waals surface area (Å²) in [6.45, 7) is 0.252. The zero-order valence-electron chi connectivity index (χ0n) is 10.7. The van der Waals surface area contributed by atoms with Crippen molar-refractivity contribution in [2.75, 3.05) is 25.7 Å². The molecule has 1 aromatic rings. The Hall–Kier alpha value is -1.08. The van der Waals surface area contributed by atoms with Crippen LogP contribution in [0, 0.1) is 0 Å². The minimum atomic E-state index is -2.98. The maximum Gasteiger partial charge on any atom is 0.175 e. The Bertz CT molecular complexity index is 553. The fourth-order valence-electron chi connectivity index (χ4n) is 1.44. The topological polar surface area (TPSA) is 69.7 Å². The summed E-state index contributed by atoms with van der Waals surface area (Å²) in [5, 5.41) is 0. The van der Waals surface area contributed by atoms with E-state index in [1.165, 1.54) is 13.4 Å². The van der Waals surface area contributed by atoms with Crippen molar-refractivity contribution in [3.63, 3.8) is 0 Å². The highest BCUT2D eigenvalue weighted by molar-refractivity contribution is 9.10. The monoisotopic (exact) mass is 350 g/mol. The molecular formula is C12H15BrO5S. The molecule has 0 aliphatic heterocycles. The van der Waals surface area contributed by atoms with Crippen LogP contribution in [-0.2, 0) is 9.84 Å². The lowest BCUT2D eigenvalue weighted by atomic mass is 10.2. The van der Waals surface area contributed by atoms with Gasteiger partial charge in [0, 0.05) is 11.8 Å². The van der Waals surface area contributed by atoms with Gasteiger partial charge in [-0.1, -0.05) is 0 Å². The smallest absolute Gasteiger partial charge is 0.175 e. The third-order valence-electron chi connectivity index (χ3n) is 2.29. The fraction of sp³-hybridized carbons (Fsp3) is 0.417. The largest absolute Gasteiger partial charge is 0.493 e. The predicted molar refractivity (Wildman–Crippen MR) is 75.9 cm³/mol. The van der Waals surface area contributed by atoms with Gasteiger partial charge in [-0.3, -0.25) is 4.79 Å². The number of aldehydes is 1. The van der Waals surface area contributed by atoms with Crippen LogP contribution < -0.4 is 9.47 Å². The number of carbonyl (C=O) groups is 1. The molecule has 0 aromatic heterocycles. The highest BCUT2D eigenvalue weighted by Gasteiger charge is 2.12. The summed E-state index contributed by atoms with van der Waals surface area (Å²) in [7, 11) is -1.51. The van der Waals surface area contributed by atoms with E-state index in [-0.39, 0.29) is 12.4 Å². The molecule has 7 heteroatoms. The Labute approximate surface area is 121 Å². The Balaban J connectivity index is 2.75. The van der Waals surface area contributed by atoms with E-state index < -0.39 is 9.84 Å². The first-order valence-corrected chi connectivity index (χ1v) is 8.36. The summed E-state index contributed by atoms with van der Waals surface area (Å²) in [5.74, 6) is 0.955. The van der Waals surface area contributed by atoms with Crippen molar-refractivity contribution in [2.45, 2.75) is 6.42 Å². The summed E-state index contributed by atoms with van der Waals surface area (Å²) in [6, 6.07) is 3.17. The van der Waals surface area contributed by atoms with E-state index in [2.05, 4.69) is 15.9 Å². The van der Waals surface area contributed by atoms with Crippen molar-refractivity contribution < 1.29 is 22.7 Å². The molecule has 1 rings (SSSR count). The van der Waals surface area contributed by atoms with Crippen molar-refractivity contribution in [2.24, 2.45) is 0 Å². The zero-order valence-corrected chi connectivity index (χ0v) is 13.1. The normalized spacial score (nSPS) is 11.1. The highest BCUT2D eigenvalue weighted by atomic mass is 79.9. The number of hydrogen-bond acceptors (Lipinski definition) is 5. The van der Waals surface area contributed by atoms with Gasteiger partial charge in [0.05, 0.1) is 23.9 Å². The summed E-state index contributed by atoms with van der Waals surface area (Å²) in [5.41, 5.74) is 0.465. The van der Waals surface area contributed by atoms with Crippen molar-refractivity contribution in [1.82, 2.24) is 0 Å². The van der Waals surface area contributed by atoms with Crippen LogP contribution in [0.2, 0.25) is 0 Å². The molecule has 0 atom stereocenters. The van der Waals surface area contributed by atoms with Gasteiger partial charge in [0.15, 0.2) is 11.5 Å². The van der Waals surface area contributed by atoms with E-state index >= 15 is 0 Å². The van der Waals surface area contributed by atoms with Crippen molar-refractivity contribution in [3.8, 4) is 11.5 Å². The lowest BCUT2D eigenvalue weighted by Crippen LogP contribution is -2.08. The number of sulfone groups is 1. The first kappa shape index (κ1) is 16.0. The maximum atomic E-state index is 11.0. The second-order valence-corrected chi connectivity index (χ2v) is 7.10. The van der Waals surface area contributed by atoms with Gasteiger partial charge in [-0.15, -0.1) is 0 Å². The van der Waals surface area contributed by atoms with Crippen molar-refractivity contribution >= 4 is 32.1 Å². The minimum Gasteiger partial charge on any atom is -0.493 e. The molecule has 0 spiro atoms. The summed E-state index contributed by atoms with van der Waals surface area (Å²) < 4.78 is 33.2. The molecular weight excluding hydrogens is 336 g/mol. The van der Waals surface area contributed by atoms with E-state index in [1.54, 1.807) is 12.1 Å². The first-order valence-electron chi connectivity index (χ1n) is 5.50. The Morgan fingerprint density at radius 1 is 1.37 bits per heavy atom. The molecule has 0 saturated carbocycles. The van der Waals surface area contributed by atoms with Crippen LogP contribution in [0.5, 0.6) is 11.5 Å². The zero-order chi connectivity index (χ0) is 14.5. The quantitative estimate of drug-likeness (QED) is 0.556. The molecule has 0 amide bonds. The lowest BCUT2D eigenvalue weighted by molar-refractivity contribution is 0.112. The molecule has 1 aromatic carbocycles. The van der Waals surface area contributed by atoms with Crippen LogP contribution in [0.1, 0.15) is 16.8 Å². The summed E-state index contributed by atoms with van der Waals surface area (Å²) >= 11 is 3.29. The average molecular weight is 351 g/mol. The third-order valence-corrected chi connectivity index (χ3v) is 3.91. The number of carbonyl (C=O) groups excluding carboxylic acids is 1. The number of hydrogen-bond donors (Lipinski definition) is 0. The third kappa shape index (κ3) is 5.20. The maximum absolute atomic E-state index is 11.0. The van der Waals surface area contributed by atoms with E-state index in [9.17, 15) is 13.2 Å². The van der Waals surface area contributed by atoms with Crippen LogP contribution in [0.4, 0.5) is 0 Å². The Kier molecular flexibility index (Phi) is 5.81.